The second kappa shape index (κ2) is 4.76. The third-order valence-electron chi connectivity index (χ3n) is 3.14. The molecule has 0 radical (unpaired) electrons. The number of benzene rings is 1. The van der Waals surface area contributed by atoms with Gasteiger partial charge in [0.15, 0.2) is 11.5 Å². The molecule has 1 aromatic heterocycles. The van der Waals surface area contributed by atoms with Gasteiger partial charge in [0.2, 0.25) is 0 Å². The average molecular weight is 260 g/mol. The first-order chi connectivity index (χ1) is 8.90. The van der Waals surface area contributed by atoms with Gasteiger partial charge in [0.1, 0.15) is 0 Å². The number of hydrogen-bond acceptors (Lipinski definition) is 4. The first-order valence-electron chi connectivity index (χ1n) is 5.89. The molecule has 1 aromatic carbocycles. The maximum Gasteiger partial charge on any atom is 0.358 e. The van der Waals surface area contributed by atoms with E-state index in [1.54, 1.807) is 0 Å². The van der Waals surface area contributed by atoms with Crippen LogP contribution in [0.2, 0.25) is 0 Å². The van der Waals surface area contributed by atoms with Gasteiger partial charge in [0.25, 0.3) is 0 Å². The maximum atomic E-state index is 10.8. The second-order valence-corrected chi connectivity index (χ2v) is 4.71. The number of carboxylic acids is 1. The second-order valence-electron chi connectivity index (χ2n) is 4.71. The summed E-state index contributed by atoms with van der Waals surface area (Å²) in [5, 5.41) is 12.4. The zero-order chi connectivity index (χ0) is 14.2. The van der Waals surface area contributed by atoms with E-state index in [1.165, 1.54) is 11.6 Å². The Balaban J connectivity index is 2.53. The Hall–Kier alpha value is -2.30. The van der Waals surface area contributed by atoms with Crippen molar-refractivity contribution in [1.82, 2.24) is 5.16 Å². The van der Waals surface area contributed by atoms with Crippen molar-refractivity contribution in [2.24, 2.45) is 0 Å². The third kappa shape index (κ3) is 2.45. The van der Waals surface area contributed by atoms with Gasteiger partial charge in [0.05, 0.1) is 0 Å². The molecule has 0 amide bonds. The summed E-state index contributed by atoms with van der Waals surface area (Å²) in [5.74, 6) is -0.629. The van der Waals surface area contributed by atoms with Crippen LogP contribution in [0.4, 0.5) is 5.69 Å². The van der Waals surface area contributed by atoms with Crippen LogP contribution in [0.1, 0.15) is 21.6 Å². The van der Waals surface area contributed by atoms with E-state index in [-0.39, 0.29) is 5.69 Å². The van der Waals surface area contributed by atoms with Gasteiger partial charge in [-0.2, -0.15) is 0 Å². The van der Waals surface area contributed by atoms with Crippen molar-refractivity contribution in [3.63, 3.8) is 0 Å². The topological polar surface area (TPSA) is 66.6 Å². The number of rotatable bonds is 3. The lowest BCUT2D eigenvalue weighted by atomic mass is 10.0. The molecular formula is C14H16N2O3. The van der Waals surface area contributed by atoms with Crippen LogP contribution in [0, 0.1) is 13.8 Å². The lowest BCUT2D eigenvalue weighted by Crippen LogP contribution is -2.11. The van der Waals surface area contributed by atoms with Gasteiger partial charge in [-0.15, -0.1) is 0 Å². The molecule has 0 atom stereocenters. The summed E-state index contributed by atoms with van der Waals surface area (Å²) in [7, 11) is 3.93. The van der Waals surface area contributed by atoms with Gasteiger partial charge < -0.3 is 14.5 Å². The van der Waals surface area contributed by atoms with E-state index < -0.39 is 5.97 Å². The van der Waals surface area contributed by atoms with Gasteiger partial charge in [-0.05, 0) is 37.1 Å². The largest absolute Gasteiger partial charge is 0.476 e. The molecule has 1 N–H and O–H groups in total. The molecule has 5 heteroatoms. The fourth-order valence-corrected chi connectivity index (χ4v) is 1.96. The van der Waals surface area contributed by atoms with Crippen LogP contribution in [-0.2, 0) is 0 Å². The summed E-state index contributed by atoms with van der Waals surface area (Å²) in [6, 6.07) is 5.37. The molecule has 100 valence electrons. The SMILES string of the molecule is Cc1cc(-c2cc(C(=O)O)no2)cc(N(C)C)c1C. The van der Waals surface area contributed by atoms with Gasteiger partial charge >= 0.3 is 5.97 Å². The van der Waals surface area contributed by atoms with Crippen LogP contribution in [0.3, 0.4) is 0 Å². The normalized spacial score (nSPS) is 10.5. The molecule has 0 saturated carbocycles. The summed E-state index contributed by atoms with van der Waals surface area (Å²) < 4.78 is 5.09. The van der Waals surface area contributed by atoms with E-state index in [1.807, 2.05) is 38.1 Å². The maximum absolute atomic E-state index is 10.8. The number of carboxylic acid groups (broad SMARTS) is 1. The predicted octanol–water partition coefficient (Wildman–Crippen LogP) is 2.72. The number of anilines is 1. The number of aryl methyl sites for hydroxylation is 1. The van der Waals surface area contributed by atoms with Crippen molar-refractivity contribution < 1.29 is 14.4 Å². The Labute approximate surface area is 111 Å². The predicted molar refractivity (Wildman–Crippen MR) is 72.7 cm³/mol. The molecule has 2 rings (SSSR count). The molecule has 0 aliphatic carbocycles. The third-order valence-corrected chi connectivity index (χ3v) is 3.14. The highest BCUT2D eigenvalue weighted by molar-refractivity contribution is 5.86. The summed E-state index contributed by atoms with van der Waals surface area (Å²) in [4.78, 5) is 12.8. The first kappa shape index (κ1) is 13.1. The Bertz CT molecular complexity index is 630. The minimum absolute atomic E-state index is 0.0837. The molecule has 0 aliphatic heterocycles. The molecule has 0 saturated heterocycles. The zero-order valence-electron chi connectivity index (χ0n) is 11.4. The highest BCUT2D eigenvalue weighted by Gasteiger charge is 2.14. The number of hydrogen-bond donors (Lipinski definition) is 1. The minimum atomic E-state index is -1.09. The van der Waals surface area contributed by atoms with E-state index in [4.69, 9.17) is 9.63 Å². The lowest BCUT2D eigenvalue weighted by Gasteiger charge is -2.18. The monoisotopic (exact) mass is 260 g/mol. The van der Waals surface area contributed by atoms with Crippen molar-refractivity contribution in [1.29, 1.82) is 0 Å². The molecule has 1 heterocycles. The summed E-state index contributed by atoms with van der Waals surface area (Å²) >= 11 is 0. The molecular weight excluding hydrogens is 244 g/mol. The van der Waals surface area contributed by atoms with Gasteiger partial charge in [-0.1, -0.05) is 5.16 Å². The summed E-state index contributed by atoms with van der Waals surface area (Å²) in [6.45, 7) is 4.07. The van der Waals surface area contributed by atoms with Crippen LogP contribution in [0.25, 0.3) is 11.3 Å². The van der Waals surface area contributed by atoms with E-state index in [2.05, 4.69) is 12.1 Å². The molecule has 0 bridgehead atoms. The molecule has 5 nitrogen and oxygen atoms in total. The molecule has 19 heavy (non-hydrogen) atoms. The Morgan fingerprint density at radius 2 is 1.95 bits per heavy atom. The number of carbonyl (C=O) groups is 1. The highest BCUT2D eigenvalue weighted by atomic mass is 16.5. The van der Waals surface area contributed by atoms with Crippen LogP contribution >= 0.6 is 0 Å². The Morgan fingerprint density at radius 1 is 1.26 bits per heavy atom. The van der Waals surface area contributed by atoms with Crippen LogP contribution in [0.15, 0.2) is 22.7 Å². The number of aromatic nitrogens is 1. The van der Waals surface area contributed by atoms with Crippen molar-refractivity contribution in [3.8, 4) is 11.3 Å². The van der Waals surface area contributed by atoms with E-state index in [0.717, 1.165) is 16.8 Å². The Morgan fingerprint density at radius 3 is 2.47 bits per heavy atom. The van der Waals surface area contributed by atoms with Gasteiger partial charge in [-0.25, -0.2) is 4.79 Å². The van der Waals surface area contributed by atoms with Crippen LogP contribution < -0.4 is 4.90 Å². The number of aromatic carboxylic acids is 1. The van der Waals surface area contributed by atoms with E-state index in [0.29, 0.717) is 5.76 Å². The van der Waals surface area contributed by atoms with Crippen molar-refractivity contribution in [2.75, 3.05) is 19.0 Å². The van der Waals surface area contributed by atoms with Crippen LogP contribution in [0.5, 0.6) is 0 Å². The fraction of sp³-hybridized carbons (Fsp3) is 0.286. The minimum Gasteiger partial charge on any atom is -0.476 e. The standard InChI is InChI=1S/C14H16N2O3/c1-8-5-10(6-12(9(8)2)16(3)4)13-7-11(14(17)18)15-19-13/h5-7H,1-4H3,(H,17,18). The lowest BCUT2D eigenvalue weighted by molar-refractivity contribution is 0.0686. The van der Waals surface area contributed by atoms with Gasteiger partial charge in [-0.3, -0.25) is 0 Å². The molecule has 0 spiro atoms. The van der Waals surface area contributed by atoms with E-state index in [9.17, 15) is 4.79 Å². The molecule has 2 aromatic rings. The highest BCUT2D eigenvalue weighted by Crippen LogP contribution is 2.30. The van der Waals surface area contributed by atoms with Gasteiger partial charge in [0, 0.05) is 31.4 Å². The average Bonchev–Trinajstić information content (AvgIpc) is 2.81. The van der Waals surface area contributed by atoms with Crippen molar-refractivity contribution in [2.45, 2.75) is 13.8 Å². The molecule has 0 aliphatic rings. The summed E-state index contributed by atoms with van der Waals surface area (Å²) in [5.41, 5.74) is 4.12. The Kier molecular flexibility index (Phi) is 3.29. The molecule has 0 unspecified atom stereocenters. The zero-order valence-corrected chi connectivity index (χ0v) is 11.4. The first-order valence-corrected chi connectivity index (χ1v) is 5.89. The molecule has 0 fully saturated rings. The van der Waals surface area contributed by atoms with E-state index >= 15 is 0 Å². The summed E-state index contributed by atoms with van der Waals surface area (Å²) in [6.07, 6.45) is 0. The number of nitrogens with zero attached hydrogens (tertiary/aromatic N) is 2. The smallest absolute Gasteiger partial charge is 0.358 e. The van der Waals surface area contributed by atoms with Crippen LogP contribution in [-0.4, -0.2) is 30.3 Å². The quantitative estimate of drug-likeness (QED) is 0.919. The van der Waals surface area contributed by atoms with Crippen molar-refractivity contribution >= 4 is 11.7 Å². The van der Waals surface area contributed by atoms with Crippen molar-refractivity contribution in [3.05, 3.63) is 35.0 Å². The fourth-order valence-electron chi connectivity index (χ4n) is 1.96.